The zero-order chi connectivity index (χ0) is 12.5. The number of furan rings is 1. The summed E-state index contributed by atoms with van der Waals surface area (Å²) in [5, 5.41) is 9.45. The van der Waals surface area contributed by atoms with E-state index in [2.05, 4.69) is 9.55 Å². The first-order valence-corrected chi connectivity index (χ1v) is 5.91. The number of hydrogen-bond acceptors (Lipinski definition) is 3. The Morgan fingerprint density at radius 1 is 1.28 bits per heavy atom. The van der Waals surface area contributed by atoms with Gasteiger partial charge < -0.3 is 14.1 Å². The number of aryl methyl sites for hydroxylation is 3. The van der Waals surface area contributed by atoms with E-state index in [-0.39, 0.29) is 5.75 Å². The molecular formula is C14H14N2O2. The van der Waals surface area contributed by atoms with Crippen LogP contribution in [0, 0.1) is 0 Å². The first kappa shape index (κ1) is 10.9. The molecular weight excluding hydrogens is 228 g/mol. The molecule has 0 aliphatic rings. The monoisotopic (exact) mass is 242 g/mol. The highest BCUT2D eigenvalue weighted by Gasteiger charge is 2.08. The Hall–Kier alpha value is -2.23. The van der Waals surface area contributed by atoms with Crippen LogP contribution in [0.3, 0.4) is 0 Å². The number of phenolic OH excluding ortho intramolecular Hbond substituents is 1. The van der Waals surface area contributed by atoms with Gasteiger partial charge in [-0.3, -0.25) is 0 Å². The molecule has 0 aliphatic carbocycles. The molecule has 2 aromatic heterocycles. The van der Waals surface area contributed by atoms with Gasteiger partial charge in [0, 0.05) is 26.0 Å². The molecule has 0 saturated heterocycles. The number of nitrogens with zero attached hydrogens (tertiary/aromatic N) is 2. The van der Waals surface area contributed by atoms with Crippen molar-refractivity contribution >= 4 is 11.0 Å². The van der Waals surface area contributed by atoms with Crippen molar-refractivity contribution in [2.45, 2.75) is 12.8 Å². The van der Waals surface area contributed by atoms with Gasteiger partial charge in [-0.2, -0.15) is 0 Å². The summed E-state index contributed by atoms with van der Waals surface area (Å²) in [5.74, 6) is 2.20. The maximum absolute atomic E-state index is 9.45. The van der Waals surface area contributed by atoms with E-state index in [1.165, 1.54) is 0 Å². The second-order valence-corrected chi connectivity index (χ2v) is 4.34. The number of phenols is 1. The van der Waals surface area contributed by atoms with Crippen LogP contribution in [-0.2, 0) is 19.9 Å². The van der Waals surface area contributed by atoms with Crippen LogP contribution in [0.1, 0.15) is 11.6 Å². The van der Waals surface area contributed by atoms with Crippen LogP contribution < -0.4 is 0 Å². The van der Waals surface area contributed by atoms with Gasteiger partial charge in [-0.15, -0.1) is 0 Å². The molecule has 1 aromatic carbocycles. The van der Waals surface area contributed by atoms with Crippen molar-refractivity contribution in [3.63, 3.8) is 0 Å². The highest BCUT2D eigenvalue weighted by Crippen LogP contribution is 2.20. The lowest BCUT2D eigenvalue weighted by Crippen LogP contribution is -1.99. The quantitative estimate of drug-likeness (QED) is 0.768. The Labute approximate surface area is 104 Å². The van der Waals surface area contributed by atoms with Crippen LogP contribution in [0.5, 0.6) is 5.75 Å². The Kier molecular flexibility index (Phi) is 2.55. The predicted octanol–water partition coefficient (Wildman–Crippen LogP) is 2.66. The Bertz CT molecular complexity index is 668. The van der Waals surface area contributed by atoms with Crippen LogP contribution in [0.15, 0.2) is 41.0 Å². The molecule has 2 heterocycles. The number of imidazole rings is 1. The normalized spacial score (nSPS) is 11.2. The SMILES string of the molecule is Cn1c(CCc2ccco2)nc2cc(O)ccc21. The van der Waals surface area contributed by atoms with Crippen LogP contribution in [0.25, 0.3) is 11.0 Å². The van der Waals surface area contributed by atoms with E-state index >= 15 is 0 Å². The van der Waals surface area contributed by atoms with Gasteiger partial charge in [0.25, 0.3) is 0 Å². The summed E-state index contributed by atoms with van der Waals surface area (Å²) < 4.78 is 7.36. The third-order valence-corrected chi connectivity index (χ3v) is 3.13. The van der Waals surface area contributed by atoms with E-state index in [9.17, 15) is 5.11 Å². The number of benzene rings is 1. The molecule has 92 valence electrons. The first-order chi connectivity index (χ1) is 8.74. The number of aromatic nitrogens is 2. The fourth-order valence-electron chi connectivity index (χ4n) is 2.15. The minimum Gasteiger partial charge on any atom is -0.508 e. The van der Waals surface area contributed by atoms with E-state index in [1.807, 2.05) is 25.2 Å². The van der Waals surface area contributed by atoms with E-state index in [0.717, 1.165) is 35.5 Å². The maximum atomic E-state index is 9.45. The molecule has 3 aromatic rings. The molecule has 0 spiro atoms. The summed E-state index contributed by atoms with van der Waals surface area (Å²) in [7, 11) is 1.99. The van der Waals surface area contributed by atoms with E-state index < -0.39 is 0 Å². The summed E-state index contributed by atoms with van der Waals surface area (Å²) in [6.45, 7) is 0. The molecule has 18 heavy (non-hydrogen) atoms. The average molecular weight is 242 g/mol. The molecule has 0 fully saturated rings. The zero-order valence-corrected chi connectivity index (χ0v) is 10.1. The second kappa shape index (κ2) is 4.22. The van der Waals surface area contributed by atoms with Crippen LogP contribution >= 0.6 is 0 Å². The topological polar surface area (TPSA) is 51.2 Å². The summed E-state index contributed by atoms with van der Waals surface area (Å²) in [6.07, 6.45) is 3.33. The van der Waals surface area contributed by atoms with Gasteiger partial charge in [0.1, 0.15) is 17.3 Å². The summed E-state index contributed by atoms with van der Waals surface area (Å²) in [5.41, 5.74) is 1.86. The van der Waals surface area contributed by atoms with Gasteiger partial charge in [0.2, 0.25) is 0 Å². The van der Waals surface area contributed by atoms with Gasteiger partial charge >= 0.3 is 0 Å². The number of hydrogen-bond donors (Lipinski definition) is 1. The molecule has 0 saturated carbocycles. The highest BCUT2D eigenvalue weighted by atomic mass is 16.3. The zero-order valence-electron chi connectivity index (χ0n) is 10.1. The molecule has 0 unspecified atom stereocenters. The summed E-state index contributed by atoms with van der Waals surface area (Å²) in [6, 6.07) is 9.11. The summed E-state index contributed by atoms with van der Waals surface area (Å²) >= 11 is 0. The third kappa shape index (κ3) is 1.86. The van der Waals surface area contributed by atoms with Gasteiger partial charge in [-0.25, -0.2) is 4.98 Å². The lowest BCUT2D eigenvalue weighted by molar-refractivity contribution is 0.476. The van der Waals surface area contributed by atoms with Gasteiger partial charge in [-0.05, 0) is 24.3 Å². The molecule has 4 nitrogen and oxygen atoms in total. The molecule has 0 radical (unpaired) electrons. The molecule has 0 amide bonds. The first-order valence-electron chi connectivity index (χ1n) is 5.91. The Morgan fingerprint density at radius 2 is 2.17 bits per heavy atom. The van der Waals surface area contributed by atoms with Crippen molar-refractivity contribution in [2.75, 3.05) is 0 Å². The van der Waals surface area contributed by atoms with Gasteiger partial charge in [0.05, 0.1) is 17.3 Å². The predicted molar refractivity (Wildman–Crippen MR) is 68.5 cm³/mol. The number of rotatable bonds is 3. The van der Waals surface area contributed by atoms with Crippen molar-refractivity contribution in [3.05, 3.63) is 48.2 Å². The highest BCUT2D eigenvalue weighted by molar-refractivity contribution is 5.77. The van der Waals surface area contributed by atoms with Crippen molar-refractivity contribution in [1.82, 2.24) is 9.55 Å². The number of fused-ring (bicyclic) bond motifs is 1. The molecule has 3 rings (SSSR count). The van der Waals surface area contributed by atoms with E-state index in [0.29, 0.717) is 0 Å². The van der Waals surface area contributed by atoms with Gasteiger partial charge in [0.15, 0.2) is 0 Å². The largest absolute Gasteiger partial charge is 0.508 e. The lowest BCUT2D eigenvalue weighted by Gasteiger charge is -2.00. The lowest BCUT2D eigenvalue weighted by atomic mass is 10.2. The minimum atomic E-state index is 0.248. The van der Waals surface area contributed by atoms with Crippen molar-refractivity contribution in [1.29, 1.82) is 0 Å². The van der Waals surface area contributed by atoms with E-state index in [1.54, 1.807) is 18.4 Å². The van der Waals surface area contributed by atoms with Crippen LogP contribution in [-0.4, -0.2) is 14.7 Å². The number of aromatic hydroxyl groups is 1. The van der Waals surface area contributed by atoms with Crippen LogP contribution in [0.4, 0.5) is 0 Å². The van der Waals surface area contributed by atoms with Gasteiger partial charge in [-0.1, -0.05) is 0 Å². The summed E-state index contributed by atoms with van der Waals surface area (Å²) in [4.78, 5) is 4.53. The van der Waals surface area contributed by atoms with Crippen molar-refractivity contribution < 1.29 is 9.52 Å². The Morgan fingerprint density at radius 3 is 2.94 bits per heavy atom. The molecule has 4 heteroatoms. The van der Waals surface area contributed by atoms with Crippen molar-refractivity contribution in [2.24, 2.45) is 7.05 Å². The molecule has 0 aliphatic heterocycles. The minimum absolute atomic E-state index is 0.248. The second-order valence-electron chi connectivity index (χ2n) is 4.34. The third-order valence-electron chi connectivity index (χ3n) is 3.13. The van der Waals surface area contributed by atoms with Crippen molar-refractivity contribution in [3.8, 4) is 5.75 Å². The average Bonchev–Trinajstić information content (AvgIpc) is 2.95. The van der Waals surface area contributed by atoms with Crippen LogP contribution in [0.2, 0.25) is 0 Å². The standard InChI is InChI=1S/C14H14N2O2/c1-16-13-6-4-10(17)9-12(13)15-14(16)7-5-11-3-2-8-18-11/h2-4,6,8-9,17H,5,7H2,1H3. The van der Waals surface area contributed by atoms with E-state index in [4.69, 9.17) is 4.42 Å². The fourth-order valence-corrected chi connectivity index (χ4v) is 2.15. The Balaban J connectivity index is 1.90. The fraction of sp³-hybridized carbons (Fsp3) is 0.214. The molecule has 0 bridgehead atoms. The smallest absolute Gasteiger partial charge is 0.117 e. The maximum Gasteiger partial charge on any atom is 0.117 e. The molecule has 0 atom stereocenters. The molecule has 1 N–H and O–H groups in total.